The van der Waals surface area contributed by atoms with Gasteiger partial charge in [0.15, 0.2) is 0 Å². The summed E-state index contributed by atoms with van der Waals surface area (Å²) < 4.78 is 55.6. The van der Waals surface area contributed by atoms with Crippen LogP contribution in [0.25, 0.3) is 0 Å². The predicted molar refractivity (Wildman–Crippen MR) is 70.9 cm³/mol. The van der Waals surface area contributed by atoms with Crippen LogP contribution in [0.2, 0.25) is 0 Å². The van der Waals surface area contributed by atoms with Crippen molar-refractivity contribution in [2.45, 2.75) is 0 Å². The van der Waals surface area contributed by atoms with Crippen molar-refractivity contribution in [2.24, 2.45) is 0 Å². The largest absolute Gasteiger partial charge is 3.00 e. The average Bonchev–Trinajstić information content (AvgIpc) is 1.41. The van der Waals surface area contributed by atoms with Gasteiger partial charge in [-0.25, -0.2) is 23.1 Å². The smallest absolute Gasteiger partial charge is 0.801 e. The van der Waals surface area contributed by atoms with Crippen molar-refractivity contribution in [1.82, 2.24) is 0 Å². The van der Waals surface area contributed by atoms with Crippen molar-refractivity contribution in [1.29, 1.82) is 0 Å². The first-order chi connectivity index (χ1) is 6.00. The molecule has 6 nitrogen and oxygen atoms in total. The Morgan fingerprint density at radius 2 is 0.412 bits per heavy atom. The summed E-state index contributed by atoms with van der Waals surface area (Å²) >= 11 is 21.7. The second kappa shape index (κ2) is 14.5. The van der Waals surface area contributed by atoms with E-state index in [1.54, 1.807) is 0 Å². The van der Waals surface area contributed by atoms with E-state index in [9.17, 15) is 27.3 Å². The minimum atomic E-state index is -3.50. The Morgan fingerprint density at radius 3 is 0.412 bits per heavy atom. The maximum absolute atomic E-state index is 9.26. The van der Waals surface area contributed by atoms with Gasteiger partial charge in [0.2, 0.25) is 0 Å². The maximum atomic E-state index is 9.26. The number of hydrogen-bond donors (Lipinski definition) is 0. The SMILES string of the molecule is [Au+3].[Au+3].[O-]S([O-])(=S)=S.[O-]S([O-])(=S)=S.[O-]S([O-])(=S)=S. The van der Waals surface area contributed by atoms with Crippen LogP contribution in [0.5, 0.6) is 0 Å². The predicted octanol–water partition coefficient (Wildman–Crippen LogP) is -2.03. The summed E-state index contributed by atoms with van der Waals surface area (Å²) in [6.45, 7) is 0. The molecule has 0 N–H and O–H groups in total. The van der Waals surface area contributed by atoms with Crippen molar-refractivity contribution < 1.29 is 72.1 Å². The van der Waals surface area contributed by atoms with Gasteiger partial charge in [-0.3, -0.25) is 0 Å². The van der Waals surface area contributed by atoms with Crippen LogP contribution in [0.1, 0.15) is 0 Å². The Balaban J connectivity index is -0.0000000400. The Morgan fingerprint density at radius 1 is 0.412 bits per heavy atom. The van der Waals surface area contributed by atoms with Crippen LogP contribution in [0, 0.1) is 0 Å². The molecule has 0 unspecified atom stereocenters. The van der Waals surface area contributed by atoms with Gasteiger partial charge in [0, 0.05) is 0 Å². The summed E-state index contributed by atoms with van der Waals surface area (Å²) in [6, 6.07) is 0. The third-order valence-corrected chi connectivity index (χ3v) is 0. The summed E-state index contributed by atoms with van der Waals surface area (Å²) in [7, 11) is -10.5. The zero-order valence-electron chi connectivity index (χ0n) is 6.73. The van der Waals surface area contributed by atoms with E-state index in [4.69, 9.17) is 0 Å². The molecule has 0 heterocycles. The molecule has 0 atom stereocenters. The standard InChI is InChI=1S/2Au.3H2O2S3/c;;3*1-5(2,3)4/h;;3*(H2,1,2,3,4)/q2*+3;;;/p-6. The van der Waals surface area contributed by atoms with Gasteiger partial charge in [-0.2, -0.15) is 0 Å². The Hall–Kier alpha value is 3.61. The van der Waals surface area contributed by atoms with E-state index in [1.807, 2.05) is 0 Å². The molecule has 0 saturated carbocycles. The molecule has 0 amide bonds. The first-order valence-electron chi connectivity index (χ1n) is 2.00. The molecule has 0 rings (SSSR count). The van der Waals surface area contributed by atoms with E-state index in [0.29, 0.717) is 0 Å². The summed E-state index contributed by atoms with van der Waals surface area (Å²) in [4.78, 5) is 0. The van der Waals surface area contributed by atoms with E-state index < -0.39 is 23.1 Å². The Bertz CT molecular complexity index is 344. The van der Waals surface area contributed by atoms with E-state index in [0.717, 1.165) is 0 Å². The molecule has 17 heavy (non-hydrogen) atoms. The van der Waals surface area contributed by atoms with Gasteiger partial charge >= 0.3 is 44.8 Å². The molecule has 0 aliphatic rings. The fourth-order valence-corrected chi connectivity index (χ4v) is 0. The first kappa shape index (κ1) is 32.5. The Labute approximate surface area is 160 Å². The molecule has 0 saturated heterocycles. The van der Waals surface area contributed by atoms with Gasteiger partial charge < -0.3 is 27.3 Å². The summed E-state index contributed by atoms with van der Waals surface area (Å²) in [6.07, 6.45) is 0. The normalized spacial score (nSPS) is 10.2. The summed E-state index contributed by atoms with van der Waals surface area (Å²) in [5.41, 5.74) is 0. The zero-order valence-corrected chi connectivity index (χ0v) is 18.4. The molecule has 0 aliphatic carbocycles. The van der Waals surface area contributed by atoms with Crippen molar-refractivity contribution in [3.8, 4) is 0 Å². The molecule has 17 heteroatoms. The van der Waals surface area contributed by atoms with Gasteiger partial charge in [0.25, 0.3) is 0 Å². The first-order valence-corrected chi connectivity index (χ1v) is 12.0. The molecule has 0 spiro atoms. The maximum Gasteiger partial charge on any atom is 3.00 e. The van der Waals surface area contributed by atoms with Crippen LogP contribution < -0.4 is 0 Å². The molecule has 0 aromatic rings. The summed E-state index contributed by atoms with van der Waals surface area (Å²) in [5, 5.41) is 0. The number of rotatable bonds is 0. The van der Waals surface area contributed by atoms with Crippen molar-refractivity contribution in [3.05, 3.63) is 0 Å². The third-order valence-electron chi connectivity index (χ3n) is 0. The van der Waals surface area contributed by atoms with Gasteiger partial charge in [0.05, 0.1) is 0 Å². The minimum Gasteiger partial charge on any atom is -0.801 e. The van der Waals surface area contributed by atoms with Gasteiger partial charge in [-0.15, -0.1) is 0 Å². The molecule has 112 valence electrons. The van der Waals surface area contributed by atoms with Gasteiger partial charge in [0.1, 0.15) is 0 Å². The second-order valence-electron chi connectivity index (χ2n) is 1.22. The minimum absolute atomic E-state index is 0. The number of hydrogen-bond acceptors (Lipinski definition) is 12. The topological polar surface area (TPSA) is 138 Å². The van der Waals surface area contributed by atoms with Crippen LogP contribution in [-0.2, 0) is 135 Å². The molecule has 0 fully saturated rings. The van der Waals surface area contributed by atoms with Crippen LogP contribution in [0.15, 0.2) is 0 Å². The van der Waals surface area contributed by atoms with Gasteiger partial charge in [-0.05, 0) is 0 Å². The van der Waals surface area contributed by atoms with Crippen LogP contribution >= 0.6 is 0 Å². The summed E-state index contributed by atoms with van der Waals surface area (Å²) in [5.74, 6) is 0. The van der Waals surface area contributed by atoms with Crippen LogP contribution in [-0.4, -0.2) is 27.3 Å². The second-order valence-corrected chi connectivity index (χ2v) is 13.5. The van der Waals surface area contributed by atoms with E-state index in [-0.39, 0.29) is 44.8 Å². The monoisotopic (exact) mass is 778 g/mol. The van der Waals surface area contributed by atoms with E-state index in [2.05, 4.69) is 67.1 Å². The molecule has 0 aromatic heterocycles. The van der Waals surface area contributed by atoms with Crippen LogP contribution in [0.4, 0.5) is 0 Å². The van der Waals surface area contributed by atoms with Crippen molar-refractivity contribution >= 4 is 90.3 Å². The fourth-order valence-electron chi connectivity index (χ4n) is 0. The van der Waals surface area contributed by atoms with E-state index in [1.165, 1.54) is 0 Å². The Kier molecular flexibility index (Phi) is 27.8. The molecule has 0 aromatic carbocycles. The molecular weight excluding hydrogens is 779 g/mol. The third kappa shape index (κ3) is 467. The quantitative estimate of drug-likeness (QED) is 0.251. The average molecular weight is 779 g/mol. The molecule has 0 bridgehead atoms. The molecule has 0 radical (unpaired) electrons. The van der Waals surface area contributed by atoms with Crippen LogP contribution in [0.3, 0.4) is 0 Å². The van der Waals surface area contributed by atoms with Crippen molar-refractivity contribution in [3.63, 3.8) is 0 Å². The van der Waals surface area contributed by atoms with E-state index >= 15 is 0 Å². The molecule has 0 aliphatic heterocycles. The fraction of sp³-hybridized carbons (Fsp3) is 0. The molecular formula is Au2O6S9. The van der Waals surface area contributed by atoms with Crippen molar-refractivity contribution in [2.75, 3.05) is 0 Å². The van der Waals surface area contributed by atoms with Gasteiger partial charge in [-0.1, -0.05) is 67.1 Å². The zero-order chi connectivity index (χ0) is 13.5.